The second-order valence-electron chi connectivity index (χ2n) is 7.18. The second-order valence-corrected chi connectivity index (χ2v) is 7.18. The number of morpholine rings is 1. The molecule has 5 heteroatoms. The van der Waals surface area contributed by atoms with Gasteiger partial charge in [0.2, 0.25) is 5.91 Å². The van der Waals surface area contributed by atoms with Crippen LogP contribution in [0, 0.1) is 5.92 Å². The van der Waals surface area contributed by atoms with Crippen LogP contribution in [-0.2, 0) is 16.1 Å². The van der Waals surface area contributed by atoms with Crippen molar-refractivity contribution in [3.8, 4) is 0 Å². The number of carbonyl (C=O) groups is 1. The van der Waals surface area contributed by atoms with E-state index in [0.29, 0.717) is 0 Å². The summed E-state index contributed by atoms with van der Waals surface area (Å²) in [5, 5.41) is 6.59. The van der Waals surface area contributed by atoms with Gasteiger partial charge in [0, 0.05) is 25.6 Å². The number of benzene rings is 1. The number of amides is 1. The van der Waals surface area contributed by atoms with Gasteiger partial charge in [0.1, 0.15) is 0 Å². The largest absolute Gasteiger partial charge is 0.373 e. The third-order valence-electron chi connectivity index (χ3n) is 5.35. The van der Waals surface area contributed by atoms with Crippen LogP contribution in [0.4, 0.5) is 0 Å². The lowest BCUT2D eigenvalue weighted by Gasteiger charge is -2.37. The van der Waals surface area contributed by atoms with Crippen molar-refractivity contribution in [1.29, 1.82) is 0 Å². The Bertz CT molecular complexity index is 531. The zero-order valence-corrected chi connectivity index (χ0v) is 15.2. The average molecular weight is 345 g/mol. The summed E-state index contributed by atoms with van der Waals surface area (Å²) in [5.41, 5.74) is 1.33. The number of ether oxygens (including phenoxy) is 1. The maximum absolute atomic E-state index is 12.6. The van der Waals surface area contributed by atoms with E-state index in [1.807, 2.05) is 0 Å². The Morgan fingerprint density at radius 1 is 1.32 bits per heavy atom. The molecule has 5 nitrogen and oxygen atoms in total. The van der Waals surface area contributed by atoms with Crippen molar-refractivity contribution in [2.45, 2.75) is 44.9 Å². The van der Waals surface area contributed by atoms with Crippen LogP contribution in [-0.4, -0.2) is 55.7 Å². The number of rotatable bonds is 6. The van der Waals surface area contributed by atoms with Gasteiger partial charge in [-0.3, -0.25) is 9.69 Å². The fourth-order valence-corrected chi connectivity index (χ4v) is 3.80. The predicted molar refractivity (Wildman–Crippen MR) is 99.3 cm³/mol. The molecular formula is C20H31N3O2. The Morgan fingerprint density at radius 3 is 2.80 bits per heavy atom. The zero-order valence-electron chi connectivity index (χ0n) is 15.2. The molecule has 0 spiro atoms. The summed E-state index contributed by atoms with van der Waals surface area (Å²) in [6.45, 7) is 7.52. The van der Waals surface area contributed by atoms with Gasteiger partial charge in [-0.25, -0.2) is 0 Å². The Balaban J connectivity index is 1.53. The molecule has 0 unspecified atom stereocenters. The molecule has 138 valence electrons. The first-order valence-corrected chi connectivity index (χ1v) is 9.65. The Morgan fingerprint density at radius 2 is 2.08 bits per heavy atom. The number of hydrogen-bond donors (Lipinski definition) is 2. The molecule has 25 heavy (non-hydrogen) atoms. The second kappa shape index (κ2) is 9.32. The number of hydrogen-bond acceptors (Lipinski definition) is 4. The van der Waals surface area contributed by atoms with Crippen LogP contribution in [0.3, 0.4) is 0 Å². The van der Waals surface area contributed by atoms with Crippen LogP contribution >= 0.6 is 0 Å². The standard InChI is InChI=1S/C20H31N3O2/c1-2-18(22-20(24)17-8-10-21-11-9-17)19-15-23(12-13-25-19)14-16-6-4-3-5-7-16/h3-7,17-19,21H,2,8-15H2,1H3,(H,22,24)/t18-,19+/m0/s1. The molecule has 2 aliphatic heterocycles. The molecule has 0 saturated carbocycles. The van der Waals surface area contributed by atoms with Gasteiger partial charge in [-0.2, -0.15) is 0 Å². The molecule has 0 radical (unpaired) electrons. The molecule has 2 heterocycles. The Kier molecular flexibility index (Phi) is 6.84. The lowest BCUT2D eigenvalue weighted by Crippen LogP contribution is -2.54. The minimum absolute atomic E-state index is 0.0770. The number of nitrogens with zero attached hydrogens (tertiary/aromatic N) is 1. The molecule has 0 aliphatic carbocycles. The van der Waals surface area contributed by atoms with Gasteiger partial charge in [0.05, 0.1) is 18.8 Å². The molecule has 2 saturated heterocycles. The van der Waals surface area contributed by atoms with Crippen molar-refractivity contribution in [3.05, 3.63) is 35.9 Å². The van der Waals surface area contributed by atoms with Gasteiger partial charge >= 0.3 is 0 Å². The van der Waals surface area contributed by atoms with Crippen LogP contribution in [0.1, 0.15) is 31.7 Å². The molecule has 2 N–H and O–H groups in total. The highest BCUT2D eigenvalue weighted by Crippen LogP contribution is 2.17. The minimum atomic E-state index is 0.0770. The molecule has 1 aromatic rings. The molecule has 0 aromatic heterocycles. The summed E-state index contributed by atoms with van der Waals surface area (Å²) in [6, 6.07) is 10.7. The Hall–Kier alpha value is -1.43. The maximum atomic E-state index is 12.6. The van der Waals surface area contributed by atoms with Crippen LogP contribution in [0.5, 0.6) is 0 Å². The van der Waals surface area contributed by atoms with E-state index >= 15 is 0 Å². The summed E-state index contributed by atoms with van der Waals surface area (Å²) < 4.78 is 6.02. The summed E-state index contributed by atoms with van der Waals surface area (Å²) in [4.78, 5) is 15.0. The third kappa shape index (κ3) is 5.27. The van der Waals surface area contributed by atoms with Crippen LogP contribution < -0.4 is 10.6 Å². The van der Waals surface area contributed by atoms with Crippen LogP contribution in [0.2, 0.25) is 0 Å². The SMILES string of the molecule is CC[C@H](NC(=O)C1CCNCC1)[C@H]1CN(Cc2ccccc2)CCO1. The Labute approximate surface area is 151 Å². The summed E-state index contributed by atoms with van der Waals surface area (Å²) in [5.74, 6) is 0.358. The third-order valence-corrected chi connectivity index (χ3v) is 5.35. The van der Waals surface area contributed by atoms with E-state index in [4.69, 9.17) is 4.74 Å². The highest BCUT2D eigenvalue weighted by molar-refractivity contribution is 5.79. The highest BCUT2D eigenvalue weighted by atomic mass is 16.5. The molecule has 2 fully saturated rings. The van der Waals surface area contributed by atoms with Crippen molar-refractivity contribution >= 4 is 5.91 Å². The van der Waals surface area contributed by atoms with Crippen LogP contribution in [0.25, 0.3) is 0 Å². The molecule has 1 amide bonds. The predicted octanol–water partition coefficient (Wildman–Crippen LogP) is 1.78. The molecule has 1 aromatic carbocycles. The van der Waals surface area contributed by atoms with Crippen molar-refractivity contribution in [3.63, 3.8) is 0 Å². The maximum Gasteiger partial charge on any atom is 0.223 e. The molecule has 2 aliphatic rings. The van der Waals surface area contributed by atoms with E-state index in [0.717, 1.165) is 58.6 Å². The summed E-state index contributed by atoms with van der Waals surface area (Å²) in [7, 11) is 0. The topological polar surface area (TPSA) is 53.6 Å². The number of piperidine rings is 1. The lowest BCUT2D eigenvalue weighted by molar-refractivity contribution is -0.129. The van der Waals surface area contributed by atoms with E-state index in [-0.39, 0.29) is 24.0 Å². The fraction of sp³-hybridized carbons (Fsp3) is 0.650. The van der Waals surface area contributed by atoms with E-state index < -0.39 is 0 Å². The van der Waals surface area contributed by atoms with E-state index in [1.54, 1.807) is 0 Å². The van der Waals surface area contributed by atoms with E-state index in [9.17, 15) is 4.79 Å². The first kappa shape index (κ1) is 18.4. The van der Waals surface area contributed by atoms with Gasteiger partial charge in [0.25, 0.3) is 0 Å². The van der Waals surface area contributed by atoms with Crippen molar-refractivity contribution in [2.24, 2.45) is 5.92 Å². The van der Waals surface area contributed by atoms with Crippen molar-refractivity contribution < 1.29 is 9.53 Å². The fourth-order valence-electron chi connectivity index (χ4n) is 3.80. The van der Waals surface area contributed by atoms with Gasteiger partial charge < -0.3 is 15.4 Å². The first-order chi connectivity index (χ1) is 12.3. The summed E-state index contributed by atoms with van der Waals surface area (Å²) >= 11 is 0. The molecular weight excluding hydrogens is 314 g/mol. The van der Waals surface area contributed by atoms with E-state index in [1.165, 1.54) is 5.56 Å². The monoisotopic (exact) mass is 345 g/mol. The first-order valence-electron chi connectivity index (χ1n) is 9.65. The van der Waals surface area contributed by atoms with Gasteiger partial charge in [-0.1, -0.05) is 37.3 Å². The van der Waals surface area contributed by atoms with Crippen molar-refractivity contribution in [2.75, 3.05) is 32.8 Å². The van der Waals surface area contributed by atoms with Crippen LogP contribution in [0.15, 0.2) is 30.3 Å². The quantitative estimate of drug-likeness (QED) is 0.825. The average Bonchev–Trinajstić information content (AvgIpc) is 2.67. The normalized spacial score (nSPS) is 24.0. The van der Waals surface area contributed by atoms with Crippen molar-refractivity contribution in [1.82, 2.24) is 15.5 Å². The molecule has 0 bridgehead atoms. The minimum Gasteiger partial charge on any atom is -0.373 e. The number of carbonyl (C=O) groups excluding carboxylic acids is 1. The number of nitrogens with one attached hydrogen (secondary N) is 2. The molecule has 3 rings (SSSR count). The molecule has 2 atom stereocenters. The van der Waals surface area contributed by atoms with Gasteiger partial charge in [0.15, 0.2) is 0 Å². The van der Waals surface area contributed by atoms with E-state index in [2.05, 4.69) is 52.8 Å². The van der Waals surface area contributed by atoms with Gasteiger partial charge in [-0.05, 0) is 37.9 Å². The highest BCUT2D eigenvalue weighted by Gasteiger charge is 2.30. The smallest absolute Gasteiger partial charge is 0.223 e. The van der Waals surface area contributed by atoms with Gasteiger partial charge in [-0.15, -0.1) is 0 Å². The lowest BCUT2D eigenvalue weighted by atomic mass is 9.96. The zero-order chi connectivity index (χ0) is 17.5. The summed E-state index contributed by atoms with van der Waals surface area (Å²) in [6.07, 6.45) is 2.86.